The fourth-order valence-corrected chi connectivity index (χ4v) is 2.57. The van der Waals surface area contributed by atoms with Gasteiger partial charge in [0.25, 0.3) is 0 Å². The normalized spacial score (nSPS) is 19.6. The molecule has 5 heteroatoms. The maximum absolute atomic E-state index is 11.5. The maximum atomic E-state index is 11.5. The largest absolute Gasteiger partial charge is 0.465 e. The number of likely N-dealkylation sites (tertiary alicyclic amines) is 1. The molecule has 1 fully saturated rings. The van der Waals surface area contributed by atoms with E-state index in [9.17, 15) is 4.79 Å². The Morgan fingerprint density at radius 3 is 3.00 bits per heavy atom. The van der Waals surface area contributed by atoms with Crippen molar-refractivity contribution in [1.82, 2.24) is 10.2 Å². The molecule has 1 saturated heterocycles. The number of hydrogen-bond donors (Lipinski definition) is 1. The van der Waals surface area contributed by atoms with E-state index in [1.54, 1.807) is 12.1 Å². The van der Waals surface area contributed by atoms with Gasteiger partial charge in [-0.15, -0.1) is 0 Å². The number of methoxy groups -OCH3 is 1. The van der Waals surface area contributed by atoms with Crippen LogP contribution in [0.3, 0.4) is 0 Å². The molecule has 19 heavy (non-hydrogen) atoms. The Hall–Kier alpha value is -1.10. The Balaban J connectivity index is 2.09. The quantitative estimate of drug-likeness (QED) is 0.857. The van der Waals surface area contributed by atoms with E-state index >= 15 is 0 Å². The summed E-state index contributed by atoms with van der Waals surface area (Å²) in [5.41, 5.74) is 1.52. The number of hydrogen-bond acceptors (Lipinski definition) is 4. The van der Waals surface area contributed by atoms with E-state index in [1.807, 2.05) is 13.1 Å². The van der Waals surface area contributed by atoms with Crippen molar-refractivity contribution in [3.63, 3.8) is 0 Å². The molecular formula is C14H19ClN2O2. The zero-order chi connectivity index (χ0) is 13.8. The second-order valence-electron chi connectivity index (χ2n) is 4.81. The molecule has 0 aliphatic carbocycles. The molecule has 104 valence electrons. The minimum absolute atomic E-state index is 0.326. The number of carbonyl (C=O) groups is 1. The average molecular weight is 283 g/mol. The van der Waals surface area contributed by atoms with Crippen molar-refractivity contribution in [3.8, 4) is 0 Å². The molecule has 0 saturated carbocycles. The molecule has 1 atom stereocenters. The van der Waals surface area contributed by atoms with Crippen molar-refractivity contribution in [2.75, 3.05) is 27.2 Å². The summed E-state index contributed by atoms with van der Waals surface area (Å²) in [6.45, 7) is 2.82. The van der Waals surface area contributed by atoms with Crippen LogP contribution in [0.4, 0.5) is 0 Å². The van der Waals surface area contributed by atoms with E-state index in [1.165, 1.54) is 7.11 Å². The summed E-state index contributed by atoms with van der Waals surface area (Å²) < 4.78 is 4.73. The highest BCUT2D eigenvalue weighted by Crippen LogP contribution is 2.22. The minimum Gasteiger partial charge on any atom is -0.465 e. The summed E-state index contributed by atoms with van der Waals surface area (Å²) in [5.74, 6) is -0.326. The van der Waals surface area contributed by atoms with Gasteiger partial charge < -0.3 is 10.1 Å². The van der Waals surface area contributed by atoms with E-state index in [2.05, 4.69) is 10.2 Å². The van der Waals surface area contributed by atoms with Gasteiger partial charge in [0, 0.05) is 30.7 Å². The maximum Gasteiger partial charge on any atom is 0.337 e. The first kappa shape index (κ1) is 14.3. The minimum atomic E-state index is -0.326. The van der Waals surface area contributed by atoms with Crippen molar-refractivity contribution < 1.29 is 9.53 Å². The lowest BCUT2D eigenvalue weighted by molar-refractivity contribution is 0.0600. The van der Waals surface area contributed by atoms with Crippen molar-refractivity contribution in [2.45, 2.75) is 19.0 Å². The third kappa shape index (κ3) is 3.47. The van der Waals surface area contributed by atoms with Gasteiger partial charge in [0.05, 0.1) is 12.7 Å². The molecule has 1 aromatic carbocycles. The molecule has 0 spiro atoms. The Bertz CT molecular complexity index is 465. The molecule has 0 aromatic heterocycles. The standard InChI is InChI=1S/C14H19ClN2O2/c1-16-12-5-6-17(9-12)8-11-7-10(14(18)19-2)3-4-13(11)15/h3-4,7,12,16H,5-6,8-9H2,1-2H3. The summed E-state index contributed by atoms with van der Waals surface area (Å²) in [7, 11) is 3.37. The van der Waals surface area contributed by atoms with Crippen LogP contribution >= 0.6 is 11.6 Å². The van der Waals surface area contributed by atoms with Gasteiger partial charge in [0.15, 0.2) is 0 Å². The number of halogens is 1. The molecule has 1 aliphatic heterocycles. The lowest BCUT2D eigenvalue weighted by Crippen LogP contribution is -2.29. The lowest BCUT2D eigenvalue weighted by Gasteiger charge is -2.17. The first-order chi connectivity index (χ1) is 9.13. The number of carbonyl (C=O) groups excluding carboxylic acids is 1. The molecule has 1 N–H and O–H groups in total. The van der Waals surface area contributed by atoms with Crippen LogP contribution in [0.2, 0.25) is 5.02 Å². The number of nitrogens with zero attached hydrogens (tertiary/aromatic N) is 1. The van der Waals surface area contributed by atoms with Gasteiger partial charge in [-0.05, 0) is 37.2 Å². The van der Waals surface area contributed by atoms with Crippen LogP contribution in [0.15, 0.2) is 18.2 Å². The first-order valence-corrected chi connectivity index (χ1v) is 6.78. The molecule has 1 aromatic rings. The van der Waals surface area contributed by atoms with E-state index in [4.69, 9.17) is 16.3 Å². The van der Waals surface area contributed by atoms with Gasteiger partial charge >= 0.3 is 5.97 Å². The molecule has 0 radical (unpaired) electrons. The Kier molecular flexibility index (Phi) is 4.80. The third-order valence-corrected chi connectivity index (χ3v) is 3.91. The highest BCUT2D eigenvalue weighted by molar-refractivity contribution is 6.31. The number of benzene rings is 1. The third-order valence-electron chi connectivity index (χ3n) is 3.54. The van der Waals surface area contributed by atoms with Gasteiger partial charge in [-0.1, -0.05) is 11.6 Å². The van der Waals surface area contributed by atoms with Crippen LogP contribution in [-0.4, -0.2) is 44.2 Å². The fourth-order valence-electron chi connectivity index (χ4n) is 2.39. The summed E-state index contributed by atoms with van der Waals surface area (Å²) in [5, 5.41) is 3.98. The molecule has 1 unspecified atom stereocenters. The van der Waals surface area contributed by atoms with E-state index in [0.717, 1.165) is 31.6 Å². The molecule has 0 amide bonds. The zero-order valence-electron chi connectivity index (χ0n) is 11.3. The number of rotatable bonds is 4. The van der Waals surface area contributed by atoms with Crippen LogP contribution in [0, 0.1) is 0 Å². The fraction of sp³-hybridized carbons (Fsp3) is 0.500. The first-order valence-electron chi connectivity index (χ1n) is 6.40. The smallest absolute Gasteiger partial charge is 0.337 e. The summed E-state index contributed by atoms with van der Waals surface area (Å²) in [4.78, 5) is 13.9. The molecule has 1 heterocycles. The highest BCUT2D eigenvalue weighted by atomic mass is 35.5. The predicted molar refractivity (Wildman–Crippen MR) is 75.5 cm³/mol. The molecule has 4 nitrogen and oxygen atoms in total. The van der Waals surface area contributed by atoms with Crippen LogP contribution in [0.25, 0.3) is 0 Å². The van der Waals surface area contributed by atoms with E-state index in [-0.39, 0.29) is 5.97 Å². The van der Waals surface area contributed by atoms with Crippen molar-refractivity contribution in [3.05, 3.63) is 34.3 Å². The zero-order valence-corrected chi connectivity index (χ0v) is 12.0. The van der Waals surface area contributed by atoms with Crippen molar-refractivity contribution in [1.29, 1.82) is 0 Å². The molecular weight excluding hydrogens is 264 g/mol. The second-order valence-corrected chi connectivity index (χ2v) is 5.21. The number of nitrogens with one attached hydrogen (secondary N) is 1. The number of ether oxygens (including phenoxy) is 1. The molecule has 1 aliphatic rings. The summed E-state index contributed by atoms with van der Waals surface area (Å²) in [6.07, 6.45) is 1.14. The number of esters is 1. The monoisotopic (exact) mass is 282 g/mol. The predicted octanol–water partition coefficient (Wildman–Crippen LogP) is 1.92. The van der Waals surface area contributed by atoms with Gasteiger partial charge in [-0.3, -0.25) is 4.90 Å². The van der Waals surface area contributed by atoms with Crippen LogP contribution < -0.4 is 5.32 Å². The SMILES string of the molecule is CNC1CCN(Cc2cc(C(=O)OC)ccc2Cl)C1. The van der Waals surface area contributed by atoms with Crippen molar-refractivity contribution >= 4 is 17.6 Å². The van der Waals surface area contributed by atoms with Crippen LogP contribution in [0.1, 0.15) is 22.3 Å². The molecule has 2 rings (SSSR count). The van der Waals surface area contributed by atoms with Crippen molar-refractivity contribution in [2.24, 2.45) is 0 Å². The van der Waals surface area contributed by atoms with E-state index < -0.39 is 0 Å². The Labute approximate surface area is 118 Å². The van der Waals surface area contributed by atoms with E-state index in [0.29, 0.717) is 16.6 Å². The number of likely N-dealkylation sites (N-methyl/N-ethyl adjacent to an activating group) is 1. The Morgan fingerprint density at radius 2 is 2.37 bits per heavy atom. The lowest BCUT2D eigenvalue weighted by atomic mass is 10.1. The topological polar surface area (TPSA) is 41.6 Å². The highest BCUT2D eigenvalue weighted by Gasteiger charge is 2.21. The second kappa shape index (κ2) is 6.37. The van der Waals surface area contributed by atoms with Gasteiger partial charge in [-0.2, -0.15) is 0 Å². The summed E-state index contributed by atoms with van der Waals surface area (Å²) >= 11 is 6.20. The summed E-state index contributed by atoms with van der Waals surface area (Å²) in [6, 6.07) is 5.82. The molecule has 0 bridgehead atoms. The Morgan fingerprint density at radius 1 is 1.58 bits per heavy atom. The van der Waals surface area contributed by atoms with Crippen LogP contribution in [-0.2, 0) is 11.3 Å². The van der Waals surface area contributed by atoms with Gasteiger partial charge in [0.1, 0.15) is 0 Å². The van der Waals surface area contributed by atoms with Gasteiger partial charge in [0.2, 0.25) is 0 Å². The van der Waals surface area contributed by atoms with Gasteiger partial charge in [-0.25, -0.2) is 4.79 Å². The average Bonchev–Trinajstić information content (AvgIpc) is 2.88. The van der Waals surface area contributed by atoms with Crippen LogP contribution in [0.5, 0.6) is 0 Å².